The SMILES string of the molecule is CCC[C@@H](NC(=O)N1C(=O)C(CC)(CC)[C@@H]1Oc1ccc(C(=O)N2CCN(C(=O)CCCOCCOCCCC(=O)CCC(=O)NCCOCCOCCCC(=O)N3CCN(C(=O)c4ccc(O[C@@H]5N(C(=O)N[C@H](CCC)c6ccc7c(c6)OCO7)C(=O)C5(CC)CC)cc4)CC3)CC2)cc1)c1ccc2c(c1)OCO2. The Kier molecular flexibility index (Phi) is 30.4. The zero-order valence-corrected chi connectivity index (χ0v) is 64.5. The molecule has 3 N–H and O–H groups in total. The zero-order valence-electron chi connectivity index (χ0n) is 64.5. The van der Waals surface area contributed by atoms with Gasteiger partial charge in [0.1, 0.15) is 28.1 Å². The van der Waals surface area contributed by atoms with Gasteiger partial charge in [-0.15, -0.1) is 0 Å². The Labute approximate surface area is 643 Å². The molecule has 0 unspecified atom stereocenters. The van der Waals surface area contributed by atoms with Crippen LogP contribution in [0.1, 0.15) is 188 Å². The van der Waals surface area contributed by atoms with Gasteiger partial charge in [0.2, 0.25) is 43.1 Å². The molecule has 4 atom stereocenters. The molecule has 0 aromatic heterocycles. The van der Waals surface area contributed by atoms with Gasteiger partial charge >= 0.3 is 12.1 Å². The maximum atomic E-state index is 13.9. The third-order valence-corrected chi connectivity index (χ3v) is 21.6. The van der Waals surface area contributed by atoms with E-state index in [-0.39, 0.29) is 105 Å². The maximum absolute atomic E-state index is 13.9. The molecule has 11 amide bonds. The molecule has 0 bridgehead atoms. The van der Waals surface area contributed by atoms with Crippen LogP contribution in [0.5, 0.6) is 34.5 Å². The highest BCUT2D eigenvalue weighted by Crippen LogP contribution is 2.48. The second-order valence-corrected chi connectivity index (χ2v) is 28.4. The van der Waals surface area contributed by atoms with Crippen molar-refractivity contribution in [3.05, 3.63) is 107 Å². The Morgan fingerprint density at radius 2 is 0.809 bits per heavy atom. The van der Waals surface area contributed by atoms with Crippen LogP contribution in [0.4, 0.5) is 9.59 Å². The summed E-state index contributed by atoms with van der Waals surface area (Å²) in [7, 11) is 0. The number of hydrogen-bond acceptors (Lipinski definition) is 20. The van der Waals surface area contributed by atoms with Gasteiger partial charge in [-0.3, -0.25) is 38.4 Å². The number of ketones is 1. The van der Waals surface area contributed by atoms with Crippen LogP contribution in [0.15, 0.2) is 84.9 Å². The summed E-state index contributed by atoms with van der Waals surface area (Å²) in [4.78, 5) is 143. The summed E-state index contributed by atoms with van der Waals surface area (Å²) in [6, 6.07) is 22.6. The van der Waals surface area contributed by atoms with Crippen molar-refractivity contribution in [1.29, 1.82) is 0 Å². The number of nitrogens with zero attached hydrogens (tertiary/aromatic N) is 6. The fourth-order valence-corrected chi connectivity index (χ4v) is 14.7. The highest BCUT2D eigenvalue weighted by Gasteiger charge is 2.64. The molecule has 10 rings (SSSR count). The summed E-state index contributed by atoms with van der Waals surface area (Å²) in [5, 5.41) is 8.88. The predicted octanol–water partition coefficient (Wildman–Crippen LogP) is 9.49. The van der Waals surface area contributed by atoms with Gasteiger partial charge in [-0.05, 0) is 142 Å². The molecule has 0 saturated carbocycles. The van der Waals surface area contributed by atoms with Crippen molar-refractivity contribution >= 4 is 59.2 Å². The first-order valence-corrected chi connectivity index (χ1v) is 39.2. The molecule has 6 aliphatic rings. The second kappa shape index (κ2) is 40.4. The summed E-state index contributed by atoms with van der Waals surface area (Å²) in [6.07, 6.45) is 5.65. The maximum Gasteiger partial charge on any atom is 0.327 e. The molecule has 4 aromatic carbocycles. The topological polar surface area (TPSA) is 319 Å². The highest BCUT2D eigenvalue weighted by atomic mass is 16.7. The van der Waals surface area contributed by atoms with Gasteiger partial charge in [0.15, 0.2) is 35.5 Å². The summed E-state index contributed by atoms with van der Waals surface area (Å²) >= 11 is 0. The highest BCUT2D eigenvalue weighted by molar-refractivity contribution is 6.04. The van der Waals surface area contributed by atoms with Gasteiger partial charge in [-0.2, -0.15) is 0 Å². The number of ether oxygens (including phenoxy) is 10. The molecule has 0 aliphatic carbocycles. The smallest absolute Gasteiger partial charge is 0.327 e. The number of amides is 11. The molecule has 29 nitrogen and oxygen atoms in total. The standard InChI is InChI=1S/C81H109N9O20/c1-7-16-63(58-25-32-65-67(52-58)107-54-105-65)83-78(99)89-74(97)80(9-3,10-4)76(89)109-61-28-21-56(22-29-61)72(95)87-40-36-85(37-41-87)70(93)19-14-45-102-49-48-101-44-13-18-60(91)27-34-69(92)82-35-47-104-51-50-103-46-15-20-71(94)86-38-42-88(43-39-86)73(96)57-23-30-62(31-24-57)110-77-81(11-5,12-6)75(98)90(77)79(100)84-64(17-8-2)59-26-33-66-68(53-59)108-55-106-66/h21-26,28-33,52-53,63-64,76-77H,7-20,27,34-51,54-55H2,1-6H3,(H,82,92)(H,83,99)(H,84,100)/t63-,64-,76+,77+/m1/s1. The zero-order chi connectivity index (χ0) is 78.2. The van der Waals surface area contributed by atoms with Crippen LogP contribution in [0, 0.1) is 10.8 Å². The molecule has 29 heteroatoms. The van der Waals surface area contributed by atoms with E-state index < -0.39 is 35.3 Å². The second-order valence-electron chi connectivity index (χ2n) is 28.4. The van der Waals surface area contributed by atoms with E-state index >= 15 is 0 Å². The van der Waals surface area contributed by atoms with Crippen LogP contribution in [-0.2, 0) is 47.7 Å². The number of hydrogen-bond donors (Lipinski definition) is 3. The van der Waals surface area contributed by atoms with E-state index in [9.17, 15) is 47.9 Å². The lowest BCUT2D eigenvalue weighted by Gasteiger charge is -2.53. The lowest BCUT2D eigenvalue weighted by molar-refractivity contribution is -0.191. The van der Waals surface area contributed by atoms with Gasteiger partial charge in [0, 0.05) is 122 Å². The van der Waals surface area contributed by atoms with Gasteiger partial charge in [0.25, 0.3) is 11.8 Å². The van der Waals surface area contributed by atoms with E-state index in [4.69, 9.17) is 47.4 Å². The lowest BCUT2D eigenvalue weighted by atomic mass is 9.72. The number of piperazine rings is 2. The summed E-state index contributed by atoms with van der Waals surface area (Å²) < 4.78 is 57.5. The average Bonchev–Trinajstić information content (AvgIpc) is 0.759. The Bertz CT molecular complexity index is 3560. The molecule has 4 fully saturated rings. The van der Waals surface area contributed by atoms with E-state index in [0.29, 0.717) is 215 Å². The normalized spacial score (nSPS) is 17.9. The van der Waals surface area contributed by atoms with Crippen molar-refractivity contribution in [3.8, 4) is 34.5 Å². The number of rotatable bonds is 42. The third-order valence-electron chi connectivity index (χ3n) is 21.6. The van der Waals surface area contributed by atoms with Crippen LogP contribution in [-0.4, -0.2) is 226 Å². The molecule has 6 heterocycles. The van der Waals surface area contributed by atoms with Crippen LogP contribution in [0.25, 0.3) is 0 Å². The van der Waals surface area contributed by atoms with E-state index in [0.717, 1.165) is 33.8 Å². The average molecular weight is 1530 g/mol. The number of benzene rings is 4. The number of Topliss-reactive ketones (excluding diaryl/α,β-unsaturated/α-hetero) is 1. The summed E-state index contributed by atoms with van der Waals surface area (Å²) in [5.74, 6) is 2.06. The number of fused-ring (bicyclic) bond motifs is 2. The third kappa shape index (κ3) is 20.5. The first-order valence-electron chi connectivity index (χ1n) is 39.2. The Morgan fingerprint density at radius 3 is 1.20 bits per heavy atom. The Hall–Kier alpha value is -9.58. The number of β-lactam (4-membered cyclic amide) rings is 2. The van der Waals surface area contributed by atoms with Gasteiger partial charge in [0.05, 0.1) is 45.1 Å². The molecule has 598 valence electrons. The van der Waals surface area contributed by atoms with Gasteiger partial charge in [-0.1, -0.05) is 66.5 Å². The molecule has 6 aliphatic heterocycles. The van der Waals surface area contributed by atoms with Crippen molar-refractivity contribution in [2.45, 2.75) is 169 Å². The fourth-order valence-electron chi connectivity index (χ4n) is 14.7. The van der Waals surface area contributed by atoms with Crippen LogP contribution < -0.4 is 44.4 Å². The largest absolute Gasteiger partial charge is 0.469 e. The Morgan fingerprint density at radius 1 is 0.436 bits per heavy atom. The minimum Gasteiger partial charge on any atom is -0.469 e. The number of urea groups is 2. The van der Waals surface area contributed by atoms with Crippen molar-refractivity contribution < 1.29 is 95.3 Å². The van der Waals surface area contributed by atoms with Gasteiger partial charge in [-0.25, -0.2) is 19.4 Å². The first-order chi connectivity index (χ1) is 53.4. The van der Waals surface area contributed by atoms with Crippen LogP contribution in [0.2, 0.25) is 0 Å². The number of likely N-dealkylation sites (tertiary alicyclic amines) is 2. The lowest BCUT2D eigenvalue weighted by Crippen LogP contribution is -2.73. The Balaban J connectivity index is 0.500. The van der Waals surface area contributed by atoms with Crippen LogP contribution >= 0.6 is 0 Å². The van der Waals surface area contributed by atoms with E-state index in [1.54, 1.807) is 68.1 Å². The molecular formula is C81H109N9O20. The number of carbonyl (C=O) groups is 10. The molecule has 0 spiro atoms. The summed E-state index contributed by atoms with van der Waals surface area (Å²) in [5.41, 5.74) is 0.781. The number of imide groups is 2. The number of nitrogens with one attached hydrogen (secondary N) is 3. The predicted molar refractivity (Wildman–Crippen MR) is 402 cm³/mol. The fraction of sp³-hybridized carbons (Fsp3) is 0.580. The van der Waals surface area contributed by atoms with Crippen LogP contribution in [0.3, 0.4) is 0 Å². The monoisotopic (exact) mass is 1530 g/mol. The molecule has 110 heavy (non-hydrogen) atoms. The quantitative estimate of drug-likeness (QED) is 0.0274. The van der Waals surface area contributed by atoms with Crippen molar-refractivity contribution in [3.63, 3.8) is 0 Å². The minimum absolute atomic E-state index is 0.00994. The van der Waals surface area contributed by atoms with E-state index in [2.05, 4.69) is 16.0 Å². The van der Waals surface area contributed by atoms with E-state index in [1.165, 1.54) is 0 Å². The molecular weight excluding hydrogens is 1420 g/mol. The van der Waals surface area contributed by atoms with Gasteiger partial charge < -0.3 is 82.9 Å². The van der Waals surface area contributed by atoms with E-state index in [1.807, 2.05) is 77.9 Å². The van der Waals surface area contributed by atoms with Crippen molar-refractivity contribution in [1.82, 2.24) is 45.3 Å². The minimum atomic E-state index is -0.896. The number of carbonyl (C=O) groups excluding carboxylic acids is 10. The molecule has 4 aromatic rings. The first kappa shape index (κ1) is 82.9. The van der Waals surface area contributed by atoms with Crippen molar-refractivity contribution in [2.75, 3.05) is 125 Å². The summed E-state index contributed by atoms with van der Waals surface area (Å²) in [6.45, 7) is 18.0. The molecule has 0 radical (unpaired) electrons. The van der Waals surface area contributed by atoms with Crippen molar-refractivity contribution in [2.24, 2.45) is 10.8 Å². The molecule has 4 saturated heterocycles.